The third-order valence-corrected chi connectivity index (χ3v) is 2.60. The van der Waals surface area contributed by atoms with E-state index < -0.39 is 0 Å². The molecular weight excluding hydrogens is 204 g/mol. The highest BCUT2D eigenvalue weighted by molar-refractivity contribution is 5.84. The van der Waals surface area contributed by atoms with Crippen molar-refractivity contribution in [1.29, 1.82) is 0 Å². The van der Waals surface area contributed by atoms with E-state index in [1.165, 1.54) is 6.33 Å². The van der Waals surface area contributed by atoms with Crippen LogP contribution in [-0.4, -0.2) is 22.4 Å². The Morgan fingerprint density at radius 3 is 2.69 bits per heavy atom. The van der Waals surface area contributed by atoms with Crippen molar-refractivity contribution in [2.45, 2.75) is 40.0 Å². The Hall–Kier alpha value is -1.45. The Bertz CT molecular complexity index is 377. The van der Waals surface area contributed by atoms with Gasteiger partial charge in [0.15, 0.2) is 0 Å². The molecule has 0 spiro atoms. The number of aromatic nitrogens is 2. The first-order valence-electron chi connectivity index (χ1n) is 5.58. The zero-order valence-corrected chi connectivity index (χ0v) is 10.3. The molecular formula is C12H18N2O2. The number of carbonyl (C=O) groups excluding carboxylic acids is 1. The summed E-state index contributed by atoms with van der Waals surface area (Å²) in [6, 6.07) is 0. The van der Waals surface area contributed by atoms with E-state index in [1.54, 1.807) is 0 Å². The highest BCUT2D eigenvalue weighted by Gasteiger charge is 2.19. The molecule has 0 aliphatic carbocycles. The van der Waals surface area contributed by atoms with E-state index in [1.807, 2.05) is 27.7 Å². The topological polar surface area (TPSA) is 52.1 Å². The van der Waals surface area contributed by atoms with Crippen LogP contribution in [0.3, 0.4) is 0 Å². The molecule has 0 aliphatic rings. The van der Waals surface area contributed by atoms with Crippen LogP contribution in [-0.2, 0) is 4.79 Å². The lowest BCUT2D eigenvalue weighted by Crippen LogP contribution is -2.12. The fourth-order valence-corrected chi connectivity index (χ4v) is 1.62. The molecule has 88 valence electrons. The summed E-state index contributed by atoms with van der Waals surface area (Å²) >= 11 is 0. The van der Waals surface area contributed by atoms with E-state index in [4.69, 9.17) is 4.74 Å². The van der Waals surface area contributed by atoms with Crippen LogP contribution < -0.4 is 4.74 Å². The van der Waals surface area contributed by atoms with Crippen molar-refractivity contribution in [2.24, 2.45) is 0 Å². The zero-order valence-electron chi connectivity index (χ0n) is 10.3. The molecule has 4 heteroatoms. The van der Waals surface area contributed by atoms with E-state index >= 15 is 0 Å². The summed E-state index contributed by atoms with van der Waals surface area (Å²) in [4.78, 5) is 19.9. The van der Waals surface area contributed by atoms with E-state index in [-0.39, 0.29) is 11.7 Å². The minimum atomic E-state index is -0.188. The first-order chi connectivity index (χ1) is 7.61. The number of ketones is 1. The summed E-state index contributed by atoms with van der Waals surface area (Å²) in [7, 11) is 0. The highest BCUT2D eigenvalue weighted by atomic mass is 16.5. The summed E-state index contributed by atoms with van der Waals surface area (Å²) in [5.41, 5.74) is 1.63. The SMILES string of the molecule is CCOc1ncnc(C(C)C(=O)CC)c1C. The summed E-state index contributed by atoms with van der Waals surface area (Å²) in [5.74, 6) is 0.569. The number of hydrogen-bond donors (Lipinski definition) is 0. The first-order valence-corrected chi connectivity index (χ1v) is 5.58. The van der Waals surface area contributed by atoms with Crippen LogP contribution in [0.5, 0.6) is 5.88 Å². The summed E-state index contributed by atoms with van der Waals surface area (Å²) in [6.45, 7) is 8.09. The van der Waals surface area contributed by atoms with Gasteiger partial charge in [0.1, 0.15) is 12.1 Å². The molecule has 0 saturated carbocycles. The Labute approximate surface area is 96.1 Å². The number of Topliss-reactive ketones (excluding diaryl/α,β-unsaturated/α-hetero) is 1. The molecule has 0 aliphatic heterocycles. The van der Waals surface area contributed by atoms with Crippen molar-refractivity contribution in [3.63, 3.8) is 0 Å². The van der Waals surface area contributed by atoms with Crippen LogP contribution in [0.15, 0.2) is 6.33 Å². The number of ether oxygens (including phenoxy) is 1. The maximum Gasteiger partial charge on any atom is 0.219 e. The predicted molar refractivity (Wildman–Crippen MR) is 61.7 cm³/mol. The first kappa shape index (κ1) is 12.6. The molecule has 1 aromatic rings. The average molecular weight is 222 g/mol. The molecule has 1 atom stereocenters. The zero-order chi connectivity index (χ0) is 12.1. The lowest BCUT2D eigenvalue weighted by molar-refractivity contribution is -0.119. The molecule has 1 aromatic heterocycles. The lowest BCUT2D eigenvalue weighted by atomic mass is 9.97. The number of nitrogens with zero attached hydrogens (tertiary/aromatic N) is 2. The van der Waals surface area contributed by atoms with Gasteiger partial charge in [-0.05, 0) is 20.8 Å². The molecule has 4 nitrogen and oxygen atoms in total. The van der Waals surface area contributed by atoms with Gasteiger partial charge in [0.25, 0.3) is 0 Å². The van der Waals surface area contributed by atoms with Crippen LogP contribution in [0.4, 0.5) is 0 Å². The Morgan fingerprint density at radius 1 is 1.44 bits per heavy atom. The Kier molecular flexibility index (Phi) is 4.40. The third-order valence-electron chi connectivity index (χ3n) is 2.60. The van der Waals surface area contributed by atoms with Crippen molar-refractivity contribution >= 4 is 5.78 Å². The quantitative estimate of drug-likeness (QED) is 0.766. The van der Waals surface area contributed by atoms with E-state index in [0.29, 0.717) is 18.9 Å². The van der Waals surface area contributed by atoms with Gasteiger partial charge in [-0.1, -0.05) is 6.92 Å². The second-order valence-electron chi connectivity index (χ2n) is 3.66. The maximum absolute atomic E-state index is 11.6. The van der Waals surface area contributed by atoms with E-state index in [2.05, 4.69) is 9.97 Å². The second kappa shape index (κ2) is 5.58. The molecule has 0 fully saturated rings. The van der Waals surface area contributed by atoms with Crippen LogP contribution >= 0.6 is 0 Å². The number of carbonyl (C=O) groups is 1. The summed E-state index contributed by atoms with van der Waals surface area (Å²) in [6.07, 6.45) is 1.97. The maximum atomic E-state index is 11.6. The van der Waals surface area contributed by atoms with Gasteiger partial charge in [-0.3, -0.25) is 4.79 Å². The molecule has 0 aromatic carbocycles. The van der Waals surface area contributed by atoms with Gasteiger partial charge >= 0.3 is 0 Å². The molecule has 1 heterocycles. The van der Waals surface area contributed by atoms with Crippen LogP contribution in [0, 0.1) is 6.92 Å². The van der Waals surface area contributed by atoms with Gasteiger partial charge in [0.2, 0.25) is 5.88 Å². The van der Waals surface area contributed by atoms with Crippen molar-refractivity contribution in [3.05, 3.63) is 17.6 Å². The Morgan fingerprint density at radius 2 is 2.12 bits per heavy atom. The predicted octanol–water partition coefficient (Wildman–Crippen LogP) is 2.27. The minimum absolute atomic E-state index is 0.184. The number of hydrogen-bond acceptors (Lipinski definition) is 4. The fourth-order valence-electron chi connectivity index (χ4n) is 1.62. The molecule has 0 saturated heterocycles. The van der Waals surface area contributed by atoms with Gasteiger partial charge in [0, 0.05) is 12.0 Å². The molecule has 16 heavy (non-hydrogen) atoms. The largest absolute Gasteiger partial charge is 0.478 e. The molecule has 0 amide bonds. The van der Waals surface area contributed by atoms with Gasteiger partial charge in [-0.2, -0.15) is 0 Å². The van der Waals surface area contributed by atoms with Crippen molar-refractivity contribution < 1.29 is 9.53 Å². The van der Waals surface area contributed by atoms with E-state index in [9.17, 15) is 4.79 Å². The second-order valence-corrected chi connectivity index (χ2v) is 3.66. The standard InChI is InChI=1S/C12H18N2O2/c1-5-10(15)8(3)11-9(4)12(16-6-2)14-7-13-11/h7-8H,5-6H2,1-4H3. The van der Waals surface area contributed by atoms with Crippen LogP contribution in [0.2, 0.25) is 0 Å². The summed E-state index contributed by atoms with van der Waals surface area (Å²) < 4.78 is 5.38. The molecule has 0 radical (unpaired) electrons. The van der Waals surface area contributed by atoms with Gasteiger partial charge in [0.05, 0.1) is 18.2 Å². The van der Waals surface area contributed by atoms with Crippen LogP contribution in [0.1, 0.15) is 44.4 Å². The normalized spacial score (nSPS) is 12.2. The smallest absolute Gasteiger partial charge is 0.219 e. The molecule has 0 bridgehead atoms. The van der Waals surface area contributed by atoms with E-state index in [0.717, 1.165) is 11.3 Å². The van der Waals surface area contributed by atoms with Crippen molar-refractivity contribution in [2.75, 3.05) is 6.61 Å². The molecule has 1 unspecified atom stereocenters. The van der Waals surface area contributed by atoms with Crippen molar-refractivity contribution in [1.82, 2.24) is 9.97 Å². The van der Waals surface area contributed by atoms with Gasteiger partial charge in [-0.25, -0.2) is 9.97 Å². The average Bonchev–Trinajstić information content (AvgIpc) is 2.30. The molecule has 1 rings (SSSR count). The van der Waals surface area contributed by atoms with Crippen molar-refractivity contribution in [3.8, 4) is 5.88 Å². The third kappa shape index (κ3) is 2.56. The van der Waals surface area contributed by atoms with Gasteiger partial charge in [-0.15, -0.1) is 0 Å². The fraction of sp³-hybridized carbons (Fsp3) is 0.583. The monoisotopic (exact) mass is 222 g/mol. The van der Waals surface area contributed by atoms with Crippen LogP contribution in [0.25, 0.3) is 0 Å². The lowest BCUT2D eigenvalue weighted by Gasteiger charge is -2.13. The Balaban J connectivity index is 3.05. The molecule has 0 N–H and O–H groups in total. The summed E-state index contributed by atoms with van der Waals surface area (Å²) in [5, 5.41) is 0. The minimum Gasteiger partial charge on any atom is -0.478 e. The number of rotatable bonds is 5. The van der Waals surface area contributed by atoms with Gasteiger partial charge < -0.3 is 4.74 Å². The highest BCUT2D eigenvalue weighted by Crippen LogP contribution is 2.24.